The first-order chi connectivity index (χ1) is 10.3. The molecule has 2 aromatic carbocycles. The predicted octanol–water partition coefficient (Wildman–Crippen LogP) is 4.76. The molecule has 0 heterocycles. The molecule has 2 heteroatoms. The summed E-state index contributed by atoms with van der Waals surface area (Å²) in [7, 11) is 0. The van der Waals surface area contributed by atoms with E-state index in [1.165, 1.54) is 0 Å². The molecule has 0 aliphatic heterocycles. The van der Waals surface area contributed by atoms with E-state index in [0.717, 1.165) is 30.8 Å². The van der Waals surface area contributed by atoms with E-state index in [0.29, 0.717) is 5.56 Å². The lowest BCUT2D eigenvalue weighted by Crippen LogP contribution is -1.96. The van der Waals surface area contributed by atoms with Gasteiger partial charge in [0.15, 0.2) is 5.78 Å². The van der Waals surface area contributed by atoms with Gasteiger partial charge in [0.25, 0.3) is 0 Å². The minimum Gasteiger partial charge on any atom is -0.494 e. The van der Waals surface area contributed by atoms with Crippen LogP contribution >= 0.6 is 0 Å². The van der Waals surface area contributed by atoms with E-state index in [1.807, 2.05) is 60.7 Å². The molecule has 0 aliphatic carbocycles. The number of hydrogen-bond donors (Lipinski definition) is 0. The maximum atomic E-state index is 11.9. The minimum absolute atomic E-state index is 0.0128. The Morgan fingerprint density at radius 3 is 2.43 bits per heavy atom. The number of unbranched alkanes of at least 4 members (excludes halogenated alkanes) is 1. The van der Waals surface area contributed by atoms with Crippen LogP contribution in [0, 0.1) is 0 Å². The first-order valence-electron chi connectivity index (χ1n) is 7.30. The molecule has 0 N–H and O–H groups in total. The number of hydrogen-bond acceptors (Lipinski definition) is 2. The summed E-state index contributed by atoms with van der Waals surface area (Å²) in [5, 5.41) is 0. The average Bonchev–Trinajstić information content (AvgIpc) is 2.55. The van der Waals surface area contributed by atoms with Crippen LogP contribution in [-0.2, 0) is 0 Å². The smallest absolute Gasteiger partial charge is 0.185 e. The van der Waals surface area contributed by atoms with Crippen molar-refractivity contribution in [1.29, 1.82) is 0 Å². The molecule has 0 aromatic heterocycles. The first-order valence-corrected chi connectivity index (χ1v) is 7.30. The average molecular weight is 280 g/mol. The van der Waals surface area contributed by atoms with Crippen LogP contribution in [0.5, 0.6) is 5.75 Å². The molecule has 21 heavy (non-hydrogen) atoms. The first kappa shape index (κ1) is 15.0. The van der Waals surface area contributed by atoms with Crippen LogP contribution in [0.1, 0.15) is 35.7 Å². The van der Waals surface area contributed by atoms with Crippen molar-refractivity contribution in [2.75, 3.05) is 6.61 Å². The standard InChI is InChI=1S/C19H20O2/c1-2-3-15-21-18-12-9-16(10-13-18)11-14-19(20)17-7-5-4-6-8-17/h4-14H,2-3,15H2,1H3. The summed E-state index contributed by atoms with van der Waals surface area (Å²) in [5.41, 5.74) is 1.69. The Hall–Kier alpha value is -2.35. The number of carbonyl (C=O) groups excluding carboxylic acids is 1. The Kier molecular flexibility index (Phi) is 5.77. The van der Waals surface area contributed by atoms with E-state index < -0.39 is 0 Å². The zero-order valence-electron chi connectivity index (χ0n) is 12.3. The normalized spacial score (nSPS) is 10.7. The molecule has 0 aliphatic rings. The van der Waals surface area contributed by atoms with E-state index >= 15 is 0 Å². The van der Waals surface area contributed by atoms with Gasteiger partial charge in [-0.2, -0.15) is 0 Å². The summed E-state index contributed by atoms with van der Waals surface area (Å²) < 4.78 is 5.61. The largest absolute Gasteiger partial charge is 0.494 e. The van der Waals surface area contributed by atoms with Crippen molar-refractivity contribution >= 4 is 11.9 Å². The van der Waals surface area contributed by atoms with Gasteiger partial charge < -0.3 is 4.74 Å². The maximum Gasteiger partial charge on any atom is 0.185 e. The Bertz CT molecular complexity index is 583. The molecule has 0 fully saturated rings. The predicted molar refractivity (Wildman–Crippen MR) is 86.7 cm³/mol. The number of allylic oxidation sites excluding steroid dienone is 1. The Labute approximate surface area is 126 Å². The molecule has 2 rings (SSSR count). The van der Waals surface area contributed by atoms with Crippen LogP contribution < -0.4 is 4.74 Å². The second-order valence-corrected chi connectivity index (χ2v) is 4.83. The third kappa shape index (κ3) is 4.92. The maximum absolute atomic E-state index is 11.9. The van der Waals surface area contributed by atoms with Gasteiger partial charge >= 0.3 is 0 Å². The van der Waals surface area contributed by atoms with Gasteiger partial charge in [0.2, 0.25) is 0 Å². The lowest BCUT2D eigenvalue weighted by molar-refractivity contribution is 0.104. The summed E-state index contributed by atoms with van der Waals surface area (Å²) >= 11 is 0. The fourth-order valence-corrected chi connectivity index (χ4v) is 1.88. The number of ketones is 1. The van der Waals surface area contributed by atoms with Crippen LogP contribution in [0.2, 0.25) is 0 Å². The molecule has 2 aromatic rings. The summed E-state index contributed by atoms with van der Waals surface area (Å²) in [4.78, 5) is 11.9. The van der Waals surface area contributed by atoms with Crippen molar-refractivity contribution < 1.29 is 9.53 Å². The Morgan fingerprint density at radius 2 is 1.76 bits per heavy atom. The molecule has 0 bridgehead atoms. The molecular formula is C19H20O2. The van der Waals surface area contributed by atoms with E-state index in [9.17, 15) is 4.79 Å². The molecule has 0 saturated carbocycles. The third-order valence-electron chi connectivity index (χ3n) is 3.13. The summed E-state index contributed by atoms with van der Waals surface area (Å²) in [6.45, 7) is 2.89. The van der Waals surface area contributed by atoms with Gasteiger partial charge in [-0.25, -0.2) is 0 Å². The monoisotopic (exact) mass is 280 g/mol. The molecule has 0 atom stereocenters. The fraction of sp³-hybridized carbons (Fsp3) is 0.211. The van der Waals surface area contributed by atoms with Crippen LogP contribution in [0.3, 0.4) is 0 Å². The van der Waals surface area contributed by atoms with Gasteiger partial charge in [-0.15, -0.1) is 0 Å². The van der Waals surface area contributed by atoms with Crippen molar-refractivity contribution in [3.63, 3.8) is 0 Å². The van der Waals surface area contributed by atoms with Crippen LogP contribution in [0.4, 0.5) is 0 Å². The number of carbonyl (C=O) groups is 1. The number of ether oxygens (including phenoxy) is 1. The highest BCUT2D eigenvalue weighted by Crippen LogP contribution is 2.14. The highest BCUT2D eigenvalue weighted by Gasteiger charge is 1.99. The second-order valence-electron chi connectivity index (χ2n) is 4.83. The highest BCUT2D eigenvalue weighted by molar-refractivity contribution is 6.06. The van der Waals surface area contributed by atoms with Crippen molar-refractivity contribution in [3.8, 4) is 5.75 Å². The Balaban J connectivity index is 1.93. The van der Waals surface area contributed by atoms with Gasteiger partial charge in [-0.05, 0) is 30.2 Å². The molecule has 0 radical (unpaired) electrons. The lowest BCUT2D eigenvalue weighted by Gasteiger charge is -2.04. The van der Waals surface area contributed by atoms with E-state index in [4.69, 9.17) is 4.74 Å². The van der Waals surface area contributed by atoms with Gasteiger partial charge in [-0.1, -0.05) is 61.9 Å². The topological polar surface area (TPSA) is 26.3 Å². The van der Waals surface area contributed by atoms with E-state index in [-0.39, 0.29) is 5.78 Å². The zero-order chi connectivity index (χ0) is 14.9. The minimum atomic E-state index is 0.0128. The summed E-state index contributed by atoms with van der Waals surface area (Å²) in [5.74, 6) is 0.883. The second kappa shape index (κ2) is 8.05. The van der Waals surface area contributed by atoms with Gasteiger partial charge in [0.05, 0.1) is 6.61 Å². The quantitative estimate of drug-likeness (QED) is 0.415. The summed E-state index contributed by atoms with van der Waals surface area (Å²) in [6, 6.07) is 17.0. The van der Waals surface area contributed by atoms with Crippen molar-refractivity contribution in [2.24, 2.45) is 0 Å². The van der Waals surface area contributed by atoms with Gasteiger partial charge in [0.1, 0.15) is 5.75 Å². The van der Waals surface area contributed by atoms with Crippen LogP contribution in [0.15, 0.2) is 60.7 Å². The van der Waals surface area contributed by atoms with E-state index in [1.54, 1.807) is 6.08 Å². The molecule has 0 spiro atoms. The molecule has 2 nitrogen and oxygen atoms in total. The molecule has 0 saturated heterocycles. The van der Waals surface area contributed by atoms with Gasteiger partial charge in [-0.3, -0.25) is 4.79 Å². The Morgan fingerprint density at radius 1 is 1.05 bits per heavy atom. The van der Waals surface area contributed by atoms with Crippen LogP contribution in [-0.4, -0.2) is 12.4 Å². The molecule has 108 valence electrons. The zero-order valence-corrected chi connectivity index (χ0v) is 12.3. The summed E-state index contributed by atoms with van der Waals surface area (Å²) in [6.07, 6.45) is 5.61. The number of benzene rings is 2. The molecule has 0 unspecified atom stereocenters. The SMILES string of the molecule is CCCCOc1ccc(C=CC(=O)c2ccccc2)cc1. The lowest BCUT2D eigenvalue weighted by atomic mass is 10.1. The van der Waals surface area contributed by atoms with E-state index in [2.05, 4.69) is 6.92 Å². The van der Waals surface area contributed by atoms with Crippen molar-refractivity contribution in [3.05, 3.63) is 71.8 Å². The third-order valence-corrected chi connectivity index (χ3v) is 3.13. The van der Waals surface area contributed by atoms with Crippen molar-refractivity contribution in [2.45, 2.75) is 19.8 Å². The molecular weight excluding hydrogens is 260 g/mol. The van der Waals surface area contributed by atoms with Crippen molar-refractivity contribution in [1.82, 2.24) is 0 Å². The number of rotatable bonds is 7. The van der Waals surface area contributed by atoms with Crippen LogP contribution in [0.25, 0.3) is 6.08 Å². The van der Waals surface area contributed by atoms with Gasteiger partial charge in [0, 0.05) is 5.56 Å². The molecule has 0 amide bonds. The fourth-order valence-electron chi connectivity index (χ4n) is 1.88. The highest BCUT2D eigenvalue weighted by atomic mass is 16.5.